The Kier molecular flexibility index (Phi) is 2.53. The fraction of sp³-hybridized carbons (Fsp3) is 0.154. The maximum absolute atomic E-state index is 11.2. The summed E-state index contributed by atoms with van der Waals surface area (Å²) < 4.78 is 10.6. The van der Waals surface area contributed by atoms with E-state index in [2.05, 4.69) is 5.32 Å². The highest BCUT2D eigenvalue weighted by Crippen LogP contribution is 2.31. The van der Waals surface area contributed by atoms with Crippen LogP contribution in [-0.4, -0.2) is 12.5 Å². The zero-order valence-electron chi connectivity index (χ0n) is 9.55. The zero-order valence-corrected chi connectivity index (χ0v) is 9.55. The molecule has 2 aromatic rings. The van der Waals surface area contributed by atoms with Crippen LogP contribution < -0.4 is 15.8 Å². The largest absolute Gasteiger partial charge is 0.482 e. The van der Waals surface area contributed by atoms with Crippen molar-refractivity contribution >= 4 is 11.6 Å². The van der Waals surface area contributed by atoms with Gasteiger partial charge in [-0.3, -0.25) is 4.79 Å². The molecule has 0 saturated heterocycles. The van der Waals surface area contributed by atoms with Gasteiger partial charge >= 0.3 is 0 Å². The van der Waals surface area contributed by atoms with Crippen LogP contribution in [0.25, 0.3) is 0 Å². The van der Waals surface area contributed by atoms with Crippen LogP contribution in [0.2, 0.25) is 0 Å². The molecule has 1 amide bonds. The Bertz CT molecular complexity index is 578. The molecule has 18 heavy (non-hydrogen) atoms. The Morgan fingerprint density at radius 2 is 2.22 bits per heavy atom. The predicted molar refractivity (Wildman–Crippen MR) is 65.3 cm³/mol. The van der Waals surface area contributed by atoms with Crippen molar-refractivity contribution in [2.45, 2.75) is 6.04 Å². The van der Waals surface area contributed by atoms with Crippen LogP contribution in [-0.2, 0) is 4.79 Å². The number of carbonyl (C=O) groups is 1. The van der Waals surface area contributed by atoms with Crippen LogP contribution in [0, 0.1) is 0 Å². The molecule has 3 N–H and O–H groups in total. The van der Waals surface area contributed by atoms with E-state index in [1.54, 1.807) is 24.5 Å². The number of rotatable bonds is 2. The number of nitrogens with one attached hydrogen (secondary N) is 1. The number of ether oxygens (including phenoxy) is 1. The lowest BCUT2D eigenvalue weighted by molar-refractivity contribution is -0.118. The predicted octanol–water partition coefficient (Wildman–Crippen LogP) is 1.66. The number of furan rings is 1. The zero-order chi connectivity index (χ0) is 12.5. The van der Waals surface area contributed by atoms with Crippen molar-refractivity contribution in [3.63, 3.8) is 0 Å². The molecule has 5 nitrogen and oxygen atoms in total. The monoisotopic (exact) mass is 244 g/mol. The summed E-state index contributed by atoms with van der Waals surface area (Å²) in [5, 5.41) is 2.75. The Hall–Kier alpha value is -2.27. The Balaban J connectivity index is 1.94. The first-order valence-corrected chi connectivity index (χ1v) is 5.59. The number of fused-ring (bicyclic) bond motifs is 1. The maximum Gasteiger partial charge on any atom is 0.262 e. The summed E-state index contributed by atoms with van der Waals surface area (Å²) in [5.74, 6) is 1.18. The minimum Gasteiger partial charge on any atom is -0.482 e. The minimum atomic E-state index is -0.357. The SMILES string of the molecule is NC(c1ccc2c(c1)NC(=O)CO2)c1ccco1. The highest BCUT2D eigenvalue weighted by molar-refractivity contribution is 5.95. The van der Waals surface area contributed by atoms with E-state index >= 15 is 0 Å². The van der Waals surface area contributed by atoms with Gasteiger partial charge in [0.2, 0.25) is 0 Å². The average Bonchev–Trinajstić information content (AvgIpc) is 2.90. The molecule has 3 rings (SSSR count). The van der Waals surface area contributed by atoms with Crippen molar-refractivity contribution in [3.8, 4) is 5.75 Å². The summed E-state index contributed by atoms with van der Waals surface area (Å²) in [6.45, 7) is 0.0522. The number of benzene rings is 1. The second kappa shape index (κ2) is 4.19. The standard InChI is InChI=1S/C13H12N2O3/c14-13(11-2-1-5-17-11)8-3-4-10-9(6-8)15-12(16)7-18-10/h1-6,13H,7,14H2,(H,15,16). The van der Waals surface area contributed by atoms with Crippen LogP contribution >= 0.6 is 0 Å². The summed E-state index contributed by atoms with van der Waals surface area (Å²) in [5.41, 5.74) is 7.58. The van der Waals surface area contributed by atoms with Gasteiger partial charge in [-0.05, 0) is 29.8 Å². The first-order valence-electron chi connectivity index (χ1n) is 5.59. The molecule has 0 bridgehead atoms. The van der Waals surface area contributed by atoms with Gasteiger partial charge in [-0.2, -0.15) is 0 Å². The van der Waals surface area contributed by atoms with Crippen molar-refractivity contribution in [2.75, 3.05) is 11.9 Å². The first-order chi connectivity index (χ1) is 8.74. The molecule has 5 heteroatoms. The van der Waals surface area contributed by atoms with Crippen LogP contribution in [0.15, 0.2) is 41.0 Å². The van der Waals surface area contributed by atoms with E-state index in [9.17, 15) is 4.79 Å². The lowest BCUT2D eigenvalue weighted by Gasteiger charge is -2.19. The van der Waals surface area contributed by atoms with Gasteiger partial charge in [-0.15, -0.1) is 0 Å². The molecule has 2 heterocycles. The van der Waals surface area contributed by atoms with Crippen LogP contribution in [0.1, 0.15) is 17.4 Å². The molecule has 1 unspecified atom stereocenters. The molecule has 1 aliphatic rings. The molecular formula is C13H12N2O3. The first kappa shape index (κ1) is 10.9. The third-order valence-corrected chi connectivity index (χ3v) is 2.85. The lowest BCUT2D eigenvalue weighted by atomic mass is 10.0. The molecule has 0 aliphatic carbocycles. The summed E-state index contributed by atoms with van der Waals surface area (Å²) in [6.07, 6.45) is 1.58. The number of hydrogen-bond donors (Lipinski definition) is 2. The minimum absolute atomic E-state index is 0.0522. The highest BCUT2D eigenvalue weighted by atomic mass is 16.5. The van der Waals surface area contributed by atoms with Gasteiger partial charge in [-0.25, -0.2) is 0 Å². The van der Waals surface area contributed by atoms with Gasteiger partial charge in [0.1, 0.15) is 11.5 Å². The van der Waals surface area contributed by atoms with Crippen molar-refractivity contribution in [3.05, 3.63) is 47.9 Å². The average molecular weight is 244 g/mol. The Morgan fingerprint density at radius 3 is 3.00 bits per heavy atom. The molecule has 0 spiro atoms. The molecule has 0 saturated carbocycles. The van der Waals surface area contributed by atoms with Gasteiger partial charge in [0.25, 0.3) is 5.91 Å². The fourth-order valence-corrected chi connectivity index (χ4v) is 1.93. The van der Waals surface area contributed by atoms with Gasteiger partial charge in [0.05, 0.1) is 18.0 Å². The molecule has 1 aliphatic heterocycles. The van der Waals surface area contributed by atoms with E-state index in [0.29, 0.717) is 17.2 Å². The van der Waals surface area contributed by atoms with Crippen molar-refractivity contribution < 1.29 is 13.9 Å². The van der Waals surface area contributed by atoms with Gasteiger partial charge in [0.15, 0.2) is 6.61 Å². The molecule has 1 atom stereocenters. The quantitative estimate of drug-likeness (QED) is 0.842. The third-order valence-electron chi connectivity index (χ3n) is 2.85. The van der Waals surface area contributed by atoms with E-state index in [0.717, 1.165) is 5.56 Å². The van der Waals surface area contributed by atoms with E-state index in [4.69, 9.17) is 14.9 Å². The van der Waals surface area contributed by atoms with E-state index in [-0.39, 0.29) is 18.6 Å². The smallest absolute Gasteiger partial charge is 0.262 e. The number of hydrogen-bond acceptors (Lipinski definition) is 4. The third kappa shape index (κ3) is 1.84. The summed E-state index contributed by atoms with van der Waals surface area (Å²) in [7, 11) is 0. The van der Waals surface area contributed by atoms with E-state index in [1.165, 1.54) is 0 Å². The van der Waals surface area contributed by atoms with Crippen molar-refractivity contribution in [1.29, 1.82) is 0 Å². The molecule has 0 fully saturated rings. The normalized spacial score (nSPS) is 15.5. The highest BCUT2D eigenvalue weighted by Gasteiger charge is 2.19. The molecule has 0 radical (unpaired) electrons. The second-order valence-electron chi connectivity index (χ2n) is 4.09. The van der Waals surface area contributed by atoms with Crippen LogP contribution in [0.4, 0.5) is 5.69 Å². The van der Waals surface area contributed by atoms with Crippen LogP contribution in [0.3, 0.4) is 0 Å². The van der Waals surface area contributed by atoms with Gasteiger partial charge in [-0.1, -0.05) is 6.07 Å². The topological polar surface area (TPSA) is 77.5 Å². The Labute approximate surface area is 104 Å². The molecular weight excluding hydrogens is 232 g/mol. The van der Waals surface area contributed by atoms with Crippen molar-refractivity contribution in [2.24, 2.45) is 5.73 Å². The molecule has 1 aromatic carbocycles. The summed E-state index contributed by atoms with van der Waals surface area (Å²) in [4.78, 5) is 11.2. The number of carbonyl (C=O) groups excluding carboxylic acids is 1. The Morgan fingerprint density at radius 1 is 1.33 bits per heavy atom. The lowest BCUT2D eigenvalue weighted by Crippen LogP contribution is -2.25. The van der Waals surface area contributed by atoms with Gasteiger partial charge < -0.3 is 20.2 Å². The number of amides is 1. The van der Waals surface area contributed by atoms with E-state index < -0.39 is 0 Å². The summed E-state index contributed by atoms with van der Waals surface area (Å²) >= 11 is 0. The number of nitrogens with two attached hydrogens (primary N) is 1. The molecule has 92 valence electrons. The fourth-order valence-electron chi connectivity index (χ4n) is 1.93. The van der Waals surface area contributed by atoms with E-state index in [1.807, 2.05) is 12.1 Å². The second-order valence-corrected chi connectivity index (χ2v) is 4.09. The van der Waals surface area contributed by atoms with Gasteiger partial charge in [0, 0.05) is 0 Å². The summed E-state index contributed by atoms with van der Waals surface area (Å²) in [6, 6.07) is 8.72. The number of anilines is 1. The van der Waals surface area contributed by atoms with Crippen LogP contribution in [0.5, 0.6) is 5.75 Å². The van der Waals surface area contributed by atoms with Crippen molar-refractivity contribution in [1.82, 2.24) is 0 Å². The molecule has 1 aromatic heterocycles. The maximum atomic E-state index is 11.2.